The third-order valence-electron chi connectivity index (χ3n) is 1.42. The number of rotatable bonds is 0. The Labute approximate surface area is 95.2 Å². The molecule has 1 fully saturated rings. The minimum atomic E-state index is 0. The molecule has 1 saturated heterocycles. The molecule has 0 atom stereocenters. The van der Waals surface area contributed by atoms with Crippen LogP contribution in [-0.2, 0) is 0 Å². The molecule has 0 aromatic heterocycles. The van der Waals surface area contributed by atoms with Crippen LogP contribution < -0.4 is 0 Å². The van der Waals surface area contributed by atoms with Crippen molar-refractivity contribution in [2.24, 2.45) is 0 Å². The molecular formula is C5H12I2N2O. The second kappa shape index (κ2) is 5.39. The van der Waals surface area contributed by atoms with Gasteiger partial charge in [0.25, 0.3) is 0 Å². The van der Waals surface area contributed by atoms with E-state index in [1.807, 2.05) is 14.1 Å². The van der Waals surface area contributed by atoms with Crippen molar-refractivity contribution in [3.8, 4) is 0 Å². The number of halogens is 2. The van der Waals surface area contributed by atoms with Crippen molar-refractivity contribution in [1.29, 1.82) is 0 Å². The topological polar surface area (TPSA) is 23.6 Å². The Morgan fingerprint density at radius 3 is 1.50 bits per heavy atom. The summed E-state index contributed by atoms with van der Waals surface area (Å²) >= 11 is 0. The van der Waals surface area contributed by atoms with Crippen LogP contribution in [0.15, 0.2) is 0 Å². The van der Waals surface area contributed by atoms with E-state index < -0.39 is 0 Å². The summed E-state index contributed by atoms with van der Waals surface area (Å²) in [6, 6.07) is 0.130. The van der Waals surface area contributed by atoms with E-state index in [-0.39, 0.29) is 54.0 Å². The average Bonchev–Trinajstić information content (AvgIpc) is 1.98. The third-order valence-corrected chi connectivity index (χ3v) is 1.42. The number of amides is 2. The third kappa shape index (κ3) is 2.77. The first-order valence-corrected chi connectivity index (χ1v) is 2.68. The molecule has 0 radical (unpaired) electrons. The molecule has 0 aromatic rings. The van der Waals surface area contributed by atoms with Crippen LogP contribution in [0, 0.1) is 0 Å². The number of hydrogen-bond donors (Lipinski definition) is 0. The summed E-state index contributed by atoms with van der Waals surface area (Å²) in [4.78, 5) is 14.2. The van der Waals surface area contributed by atoms with E-state index in [9.17, 15) is 4.79 Å². The Balaban J connectivity index is 0. The zero-order chi connectivity index (χ0) is 6.15. The van der Waals surface area contributed by atoms with E-state index in [0.29, 0.717) is 0 Å². The smallest absolute Gasteiger partial charge is 0.319 e. The molecule has 0 N–H and O–H groups in total. The first-order valence-electron chi connectivity index (χ1n) is 2.68. The van der Waals surface area contributed by atoms with Crippen LogP contribution in [0.4, 0.5) is 4.79 Å². The number of carbonyl (C=O) groups is 1. The van der Waals surface area contributed by atoms with Crippen molar-refractivity contribution < 1.29 is 4.79 Å². The molecule has 1 heterocycles. The summed E-state index contributed by atoms with van der Waals surface area (Å²) in [5, 5.41) is 0. The minimum Gasteiger partial charge on any atom is -0.326 e. The number of hydrogen-bond acceptors (Lipinski definition) is 1. The zero-order valence-electron chi connectivity index (χ0n) is 6.03. The first-order chi connectivity index (χ1) is 3.72. The standard InChI is InChI=1S/C5H10N2O.2HI/c1-6-3-4-7(2)5(6)8;;/h3-4H2,1-2H3;2*1H. The molecule has 1 rings (SSSR count). The molecule has 10 heavy (non-hydrogen) atoms. The van der Waals surface area contributed by atoms with E-state index in [0.717, 1.165) is 13.1 Å². The number of urea groups is 1. The van der Waals surface area contributed by atoms with Crippen molar-refractivity contribution in [3.05, 3.63) is 0 Å². The molecule has 5 heteroatoms. The Morgan fingerprint density at radius 2 is 1.40 bits per heavy atom. The molecule has 2 amide bonds. The van der Waals surface area contributed by atoms with E-state index >= 15 is 0 Å². The van der Waals surface area contributed by atoms with Crippen LogP contribution in [0.2, 0.25) is 0 Å². The highest BCUT2D eigenvalue weighted by Crippen LogP contribution is 2.00. The highest BCUT2D eigenvalue weighted by molar-refractivity contribution is 14.0. The lowest BCUT2D eigenvalue weighted by atomic mass is 10.6. The van der Waals surface area contributed by atoms with Gasteiger partial charge in [0.05, 0.1) is 0 Å². The van der Waals surface area contributed by atoms with Crippen molar-refractivity contribution in [2.45, 2.75) is 0 Å². The molecule has 0 bridgehead atoms. The maximum absolute atomic E-state index is 10.8. The SMILES string of the molecule is CN1CCN(C)C1=O.I.I. The summed E-state index contributed by atoms with van der Waals surface area (Å²) in [6.45, 7) is 1.74. The van der Waals surface area contributed by atoms with Gasteiger partial charge >= 0.3 is 6.03 Å². The highest BCUT2D eigenvalue weighted by atomic mass is 127. The van der Waals surface area contributed by atoms with Gasteiger partial charge < -0.3 is 9.80 Å². The number of likely N-dealkylation sites (N-methyl/N-ethyl adjacent to an activating group) is 2. The van der Waals surface area contributed by atoms with E-state index in [1.165, 1.54) is 0 Å². The van der Waals surface area contributed by atoms with Gasteiger partial charge in [-0.2, -0.15) is 0 Å². The highest BCUT2D eigenvalue weighted by Gasteiger charge is 2.20. The van der Waals surface area contributed by atoms with Crippen LogP contribution >= 0.6 is 48.0 Å². The van der Waals surface area contributed by atoms with Gasteiger partial charge in [-0.15, -0.1) is 48.0 Å². The van der Waals surface area contributed by atoms with Crippen LogP contribution in [0.5, 0.6) is 0 Å². The summed E-state index contributed by atoms with van der Waals surface area (Å²) in [5.74, 6) is 0. The van der Waals surface area contributed by atoms with Crippen LogP contribution in [-0.4, -0.2) is 43.0 Å². The monoisotopic (exact) mass is 370 g/mol. The van der Waals surface area contributed by atoms with Gasteiger partial charge in [0.15, 0.2) is 0 Å². The van der Waals surface area contributed by atoms with E-state index in [4.69, 9.17) is 0 Å². The predicted molar refractivity (Wildman–Crippen MR) is 61.5 cm³/mol. The number of nitrogens with zero attached hydrogens (tertiary/aromatic N) is 2. The van der Waals surface area contributed by atoms with Crippen molar-refractivity contribution >= 4 is 54.0 Å². The summed E-state index contributed by atoms with van der Waals surface area (Å²) in [5.41, 5.74) is 0. The fourth-order valence-corrected chi connectivity index (χ4v) is 0.783. The molecule has 0 unspecified atom stereocenters. The van der Waals surface area contributed by atoms with Gasteiger partial charge in [0.1, 0.15) is 0 Å². The predicted octanol–water partition coefficient (Wildman–Crippen LogP) is 1.22. The van der Waals surface area contributed by atoms with Gasteiger partial charge in [0.2, 0.25) is 0 Å². The lowest BCUT2D eigenvalue weighted by Gasteiger charge is -2.07. The van der Waals surface area contributed by atoms with Crippen molar-refractivity contribution in [3.63, 3.8) is 0 Å². The fraction of sp³-hybridized carbons (Fsp3) is 0.800. The minimum absolute atomic E-state index is 0. The lowest BCUT2D eigenvalue weighted by Crippen LogP contribution is -2.25. The second-order valence-electron chi connectivity index (χ2n) is 2.13. The molecule has 0 aromatic carbocycles. The van der Waals surface area contributed by atoms with E-state index in [1.54, 1.807) is 9.80 Å². The van der Waals surface area contributed by atoms with Gasteiger partial charge in [-0.1, -0.05) is 0 Å². The molecule has 0 aliphatic carbocycles. The molecule has 0 saturated carbocycles. The Morgan fingerprint density at radius 1 is 1.10 bits per heavy atom. The molecule has 3 nitrogen and oxygen atoms in total. The zero-order valence-corrected chi connectivity index (χ0v) is 10.7. The number of carbonyl (C=O) groups excluding carboxylic acids is 1. The van der Waals surface area contributed by atoms with Crippen molar-refractivity contribution in [2.75, 3.05) is 27.2 Å². The van der Waals surface area contributed by atoms with Crippen LogP contribution in [0.3, 0.4) is 0 Å². The summed E-state index contributed by atoms with van der Waals surface area (Å²) in [6.07, 6.45) is 0. The Bertz CT molecular complexity index is 108. The first kappa shape index (κ1) is 13.3. The maximum atomic E-state index is 10.8. The molecule has 1 aliphatic heterocycles. The van der Waals surface area contributed by atoms with E-state index in [2.05, 4.69) is 0 Å². The van der Waals surface area contributed by atoms with Gasteiger partial charge in [-0.3, -0.25) is 0 Å². The average molecular weight is 370 g/mol. The fourth-order valence-electron chi connectivity index (χ4n) is 0.783. The Kier molecular flexibility index (Phi) is 7.18. The van der Waals surface area contributed by atoms with Crippen LogP contribution in [0.1, 0.15) is 0 Å². The van der Waals surface area contributed by atoms with Gasteiger partial charge in [-0.25, -0.2) is 4.79 Å². The van der Waals surface area contributed by atoms with Crippen molar-refractivity contribution in [1.82, 2.24) is 9.80 Å². The molecular weight excluding hydrogens is 358 g/mol. The molecule has 0 spiro atoms. The summed E-state index contributed by atoms with van der Waals surface area (Å²) in [7, 11) is 3.62. The molecule has 1 aliphatic rings. The molecule has 62 valence electrons. The van der Waals surface area contributed by atoms with Gasteiger partial charge in [-0.05, 0) is 0 Å². The van der Waals surface area contributed by atoms with Crippen LogP contribution in [0.25, 0.3) is 0 Å². The largest absolute Gasteiger partial charge is 0.326 e. The summed E-state index contributed by atoms with van der Waals surface area (Å²) < 4.78 is 0. The Hall–Kier alpha value is 0.730. The second-order valence-corrected chi connectivity index (χ2v) is 2.13. The van der Waals surface area contributed by atoms with Gasteiger partial charge in [0, 0.05) is 27.2 Å². The quantitative estimate of drug-likeness (QED) is 0.589. The lowest BCUT2D eigenvalue weighted by molar-refractivity contribution is 0.205. The maximum Gasteiger partial charge on any atom is 0.319 e. The normalized spacial score (nSPS) is 16.4.